The van der Waals surface area contributed by atoms with E-state index >= 15 is 0 Å². The second-order valence-electron chi connectivity index (χ2n) is 7.09. The maximum Gasteiger partial charge on any atom is 0.261 e. The summed E-state index contributed by atoms with van der Waals surface area (Å²) in [6.45, 7) is 2.47. The first-order chi connectivity index (χ1) is 12.9. The van der Waals surface area contributed by atoms with Crippen molar-refractivity contribution in [2.75, 3.05) is 23.3 Å². The van der Waals surface area contributed by atoms with Gasteiger partial charge in [0.1, 0.15) is 5.75 Å². The van der Waals surface area contributed by atoms with Crippen molar-refractivity contribution in [3.05, 3.63) is 47.5 Å². The van der Waals surface area contributed by atoms with Crippen LogP contribution in [0.5, 0.6) is 5.75 Å². The first-order valence-electron chi connectivity index (χ1n) is 9.01. The third-order valence-corrected chi connectivity index (χ3v) is 6.48. The molecule has 0 unspecified atom stereocenters. The van der Waals surface area contributed by atoms with Crippen LogP contribution in [0.15, 0.2) is 41.3 Å². The van der Waals surface area contributed by atoms with Crippen LogP contribution in [0.3, 0.4) is 0 Å². The molecule has 1 aliphatic heterocycles. The minimum Gasteiger partial charge on any atom is -0.496 e. The summed E-state index contributed by atoms with van der Waals surface area (Å²) in [5, 5.41) is 0. The molecule has 2 aromatic rings. The lowest BCUT2D eigenvalue weighted by Gasteiger charge is -2.18. The largest absolute Gasteiger partial charge is 0.496 e. The summed E-state index contributed by atoms with van der Waals surface area (Å²) in [4.78, 5) is 14.4. The van der Waals surface area contributed by atoms with Crippen molar-refractivity contribution < 1.29 is 17.9 Å². The number of benzene rings is 2. The third-order valence-electron chi connectivity index (χ3n) is 5.10. The summed E-state index contributed by atoms with van der Waals surface area (Å²) in [7, 11) is -2.18. The van der Waals surface area contributed by atoms with Crippen LogP contribution in [0.2, 0.25) is 0 Å². The highest BCUT2D eigenvalue weighted by Crippen LogP contribution is 2.37. The molecule has 0 saturated heterocycles. The van der Waals surface area contributed by atoms with Gasteiger partial charge >= 0.3 is 0 Å². The van der Waals surface area contributed by atoms with E-state index in [2.05, 4.69) is 4.72 Å². The highest BCUT2D eigenvalue weighted by molar-refractivity contribution is 7.92. The summed E-state index contributed by atoms with van der Waals surface area (Å²) in [6.07, 6.45) is 2.71. The van der Waals surface area contributed by atoms with E-state index in [1.165, 1.54) is 6.07 Å². The van der Waals surface area contributed by atoms with Crippen molar-refractivity contribution in [2.45, 2.75) is 31.1 Å². The highest BCUT2D eigenvalue weighted by atomic mass is 32.2. The zero-order chi connectivity index (χ0) is 19.2. The van der Waals surface area contributed by atoms with Gasteiger partial charge in [0.25, 0.3) is 10.0 Å². The van der Waals surface area contributed by atoms with E-state index in [1.807, 2.05) is 6.07 Å². The van der Waals surface area contributed by atoms with Gasteiger partial charge in [-0.2, -0.15) is 0 Å². The lowest BCUT2D eigenvalue weighted by molar-refractivity contribution is -0.119. The molecule has 0 aromatic heterocycles. The molecule has 1 heterocycles. The van der Waals surface area contributed by atoms with E-state index in [9.17, 15) is 13.2 Å². The first-order valence-corrected chi connectivity index (χ1v) is 10.5. The second-order valence-corrected chi connectivity index (χ2v) is 8.78. The predicted molar refractivity (Wildman–Crippen MR) is 104 cm³/mol. The second kappa shape index (κ2) is 6.56. The van der Waals surface area contributed by atoms with E-state index in [1.54, 1.807) is 43.2 Å². The number of hydrogen-bond donors (Lipinski definition) is 1. The van der Waals surface area contributed by atoms with Gasteiger partial charge < -0.3 is 9.64 Å². The van der Waals surface area contributed by atoms with Gasteiger partial charge in [-0.05, 0) is 67.6 Å². The predicted octanol–water partition coefficient (Wildman–Crippen LogP) is 3.10. The Morgan fingerprint density at radius 1 is 1.19 bits per heavy atom. The van der Waals surface area contributed by atoms with Crippen LogP contribution in [0.4, 0.5) is 11.4 Å². The maximum atomic E-state index is 12.8. The Labute approximate surface area is 159 Å². The molecule has 0 radical (unpaired) electrons. The van der Waals surface area contributed by atoms with E-state index in [4.69, 9.17) is 4.74 Å². The number of nitrogens with zero attached hydrogens (tertiary/aromatic N) is 1. The van der Waals surface area contributed by atoms with Crippen LogP contribution in [0.1, 0.15) is 24.0 Å². The number of ether oxygens (including phenoxy) is 1. The Bertz CT molecular complexity index is 1010. The third kappa shape index (κ3) is 3.39. The lowest BCUT2D eigenvalue weighted by atomic mass is 10.1. The van der Waals surface area contributed by atoms with Crippen molar-refractivity contribution in [3.8, 4) is 5.75 Å². The molecule has 2 aliphatic rings. The smallest absolute Gasteiger partial charge is 0.261 e. The Balaban J connectivity index is 1.60. The normalized spacial score (nSPS) is 16.1. The number of anilines is 2. The molecule has 6 nitrogen and oxygen atoms in total. The monoisotopic (exact) mass is 386 g/mol. The molecule has 0 bridgehead atoms. The molecule has 2 aromatic carbocycles. The highest BCUT2D eigenvalue weighted by Gasteiger charge is 2.36. The number of hydrogen-bond acceptors (Lipinski definition) is 4. The topological polar surface area (TPSA) is 75.7 Å². The zero-order valence-corrected chi connectivity index (χ0v) is 16.2. The standard InChI is InChI=1S/C20H22N2O4S/c1-13-11-17(7-8-19(13)26-2)27(24,25)21-16-6-5-14-9-10-22(18(14)12-16)20(23)15-3-4-15/h5-8,11-12,15,21H,3-4,9-10H2,1-2H3. The van der Waals surface area contributed by atoms with Crippen molar-refractivity contribution in [1.29, 1.82) is 0 Å². The number of rotatable bonds is 5. The quantitative estimate of drug-likeness (QED) is 0.857. The van der Waals surface area contributed by atoms with E-state index in [0.29, 0.717) is 18.0 Å². The van der Waals surface area contributed by atoms with Gasteiger partial charge in [-0.1, -0.05) is 6.07 Å². The van der Waals surface area contributed by atoms with Crippen LogP contribution in [-0.2, 0) is 21.2 Å². The van der Waals surface area contributed by atoms with Crippen molar-refractivity contribution in [3.63, 3.8) is 0 Å². The Morgan fingerprint density at radius 2 is 1.96 bits per heavy atom. The van der Waals surface area contributed by atoms with Gasteiger partial charge in [0.2, 0.25) is 5.91 Å². The summed E-state index contributed by atoms with van der Waals surface area (Å²) < 4.78 is 33.3. The molecular formula is C20H22N2O4S. The average molecular weight is 386 g/mol. The van der Waals surface area contributed by atoms with Crippen molar-refractivity contribution >= 4 is 27.3 Å². The van der Waals surface area contributed by atoms with Gasteiger partial charge in [-0.25, -0.2) is 8.42 Å². The zero-order valence-electron chi connectivity index (χ0n) is 15.4. The minimum atomic E-state index is -3.73. The van der Waals surface area contributed by atoms with Crippen LogP contribution < -0.4 is 14.4 Å². The van der Waals surface area contributed by atoms with Crippen molar-refractivity contribution in [1.82, 2.24) is 0 Å². The molecule has 0 spiro atoms. The number of fused-ring (bicyclic) bond motifs is 1. The fourth-order valence-electron chi connectivity index (χ4n) is 3.45. The Hall–Kier alpha value is -2.54. The molecule has 0 atom stereocenters. The number of carbonyl (C=O) groups is 1. The van der Waals surface area contributed by atoms with Crippen LogP contribution in [-0.4, -0.2) is 28.0 Å². The van der Waals surface area contributed by atoms with Crippen LogP contribution >= 0.6 is 0 Å². The van der Waals surface area contributed by atoms with E-state index in [-0.39, 0.29) is 16.7 Å². The Kier molecular flexibility index (Phi) is 4.34. The van der Waals surface area contributed by atoms with Gasteiger partial charge in [-0.3, -0.25) is 9.52 Å². The fraction of sp³-hybridized carbons (Fsp3) is 0.350. The average Bonchev–Trinajstić information content (AvgIpc) is 3.40. The van der Waals surface area contributed by atoms with Gasteiger partial charge in [0.05, 0.1) is 17.7 Å². The van der Waals surface area contributed by atoms with Gasteiger partial charge in [0, 0.05) is 18.2 Å². The van der Waals surface area contributed by atoms with E-state index < -0.39 is 10.0 Å². The lowest BCUT2D eigenvalue weighted by Crippen LogP contribution is -2.30. The number of nitrogens with one attached hydrogen (secondary N) is 1. The maximum absolute atomic E-state index is 12.8. The molecule has 1 fully saturated rings. The molecule has 1 N–H and O–H groups in total. The molecular weight excluding hydrogens is 364 g/mol. The van der Waals surface area contributed by atoms with Crippen LogP contribution in [0, 0.1) is 12.8 Å². The summed E-state index contributed by atoms with van der Waals surface area (Å²) in [5.41, 5.74) is 3.10. The summed E-state index contributed by atoms with van der Waals surface area (Å²) >= 11 is 0. The first kappa shape index (κ1) is 17.9. The molecule has 27 heavy (non-hydrogen) atoms. The number of carbonyl (C=O) groups excluding carboxylic acids is 1. The SMILES string of the molecule is COc1ccc(S(=O)(=O)Nc2ccc3c(c2)N(C(=O)C2CC2)CC3)cc1C. The van der Waals surface area contributed by atoms with Crippen molar-refractivity contribution in [2.24, 2.45) is 5.92 Å². The number of amides is 1. The van der Waals surface area contributed by atoms with Gasteiger partial charge in [-0.15, -0.1) is 0 Å². The van der Waals surface area contributed by atoms with Gasteiger partial charge in [0.15, 0.2) is 0 Å². The molecule has 4 rings (SSSR count). The number of aryl methyl sites for hydroxylation is 1. The number of sulfonamides is 1. The molecule has 1 amide bonds. The van der Waals surface area contributed by atoms with Crippen LogP contribution in [0.25, 0.3) is 0 Å². The summed E-state index contributed by atoms with van der Waals surface area (Å²) in [5.74, 6) is 0.929. The summed E-state index contributed by atoms with van der Waals surface area (Å²) in [6, 6.07) is 10.1. The molecule has 1 aliphatic carbocycles. The number of methoxy groups -OCH3 is 1. The Morgan fingerprint density at radius 3 is 2.63 bits per heavy atom. The fourth-order valence-corrected chi connectivity index (χ4v) is 4.59. The molecule has 142 valence electrons. The minimum absolute atomic E-state index is 0.138. The van der Waals surface area contributed by atoms with E-state index in [0.717, 1.165) is 36.1 Å². The molecule has 7 heteroatoms. The molecule has 1 saturated carbocycles.